The molecule has 33 heavy (non-hydrogen) atoms. The van der Waals surface area contributed by atoms with E-state index in [1.54, 1.807) is 6.07 Å². The number of ether oxygens (including phenoxy) is 1. The lowest BCUT2D eigenvalue weighted by Crippen LogP contribution is -2.36. The van der Waals surface area contributed by atoms with E-state index >= 15 is 0 Å². The molecule has 0 fully saturated rings. The Bertz CT molecular complexity index is 1250. The predicted molar refractivity (Wildman–Crippen MR) is 134 cm³/mol. The Kier molecular flexibility index (Phi) is 7.48. The highest BCUT2D eigenvalue weighted by Gasteiger charge is 2.18. The standard InChI is InChI=1S/C27H24Cl2N2O2/c1-19-12-13-22-23(28)16-24(29)27(26(22)30-19)33-18-25(32)31(17-21-10-6-3-7-11-21)15-14-20-8-4-2-5-9-20/h2-13,16H,14-15,17-18H2,1H3. The molecule has 0 N–H and O–H groups in total. The lowest BCUT2D eigenvalue weighted by molar-refractivity contribution is -0.134. The van der Waals surface area contributed by atoms with Gasteiger partial charge in [-0.1, -0.05) is 83.9 Å². The summed E-state index contributed by atoms with van der Waals surface area (Å²) in [6.07, 6.45) is 0.755. The number of amides is 1. The van der Waals surface area contributed by atoms with E-state index in [2.05, 4.69) is 17.1 Å². The molecule has 1 amide bonds. The maximum Gasteiger partial charge on any atom is 0.260 e. The van der Waals surface area contributed by atoms with Crippen molar-refractivity contribution in [2.75, 3.05) is 13.2 Å². The van der Waals surface area contributed by atoms with Crippen LogP contribution in [0.2, 0.25) is 10.0 Å². The van der Waals surface area contributed by atoms with Gasteiger partial charge in [-0.05, 0) is 42.7 Å². The summed E-state index contributed by atoms with van der Waals surface area (Å²) < 4.78 is 5.95. The van der Waals surface area contributed by atoms with Gasteiger partial charge in [-0.3, -0.25) is 4.79 Å². The van der Waals surface area contributed by atoms with Gasteiger partial charge in [0.15, 0.2) is 12.4 Å². The molecular formula is C27H24Cl2N2O2. The minimum absolute atomic E-state index is 0.124. The third kappa shape index (κ3) is 5.84. The number of aryl methyl sites for hydroxylation is 1. The number of carbonyl (C=O) groups is 1. The van der Waals surface area contributed by atoms with Gasteiger partial charge in [0.25, 0.3) is 5.91 Å². The van der Waals surface area contributed by atoms with Crippen molar-refractivity contribution in [3.8, 4) is 5.75 Å². The lowest BCUT2D eigenvalue weighted by Gasteiger charge is -2.23. The van der Waals surface area contributed by atoms with E-state index in [9.17, 15) is 4.79 Å². The third-order valence-corrected chi connectivity index (χ3v) is 5.99. The van der Waals surface area contributed by atoms with Crippen LogP contribution in [0.25, 0.3) is 10.9 Å². The van der Waals surface area contributed by atoms with E-state index in [0.29, 0.717) is 34.4 Å². The van der Waals surface area contributed by atoms with Gasteiger partial charge in [-0.15, -0.1) is 0 Å². The van der Waals surface area contributed by atoms with Crippen LogP contribution in [0.3, 0.4) is 0 Å². The van der Waals surface area contributed by atoms with Crippen molar-refractivity contribution >= 4 is 40.0 Å². The van der Waals surface area contributed by atoms with Crippen molar-refractivity contribution in [3.63, 3.8) is 0 Å². The number of aromatic nitrogens is 1. The number of nitrogens with zero attached hydrogens (tertiary/aromatic N) is 2. The first kappa shape index (κ1) is 23.1. The fourth-order valence-electron chi connectivity index (χ4n) is 3.66. The zero-order chi connectivity index (χ0) is 23.2. The van der Waals surface area contributed by atoms with Crippen LogP contribution in [0, 0.1) is 6.92 Å². The first-order valence-electron chi connectivity index (χ1n) is 10.7. The second-order valence-corrected chi connectivity index (χ2v) is 8.66. The summed E-state index contributed by atoms with van der Waals surface area (Å²) in [4.78, 5) is 19.6. The second kappa shape index (κ2) is 10.7. The van der Waals surface area contributed by atoms with Crippen LogP contribution in [0.4, 0.5) is 0 Å². The smallest absolute Gasteiger partial charge is 0.260 e. The van der Waals surface area contributed by atoms with Crippen LogP contribution in [-0.4, -0.2) is 28.9 Å². The molecule has 0 aliphatic rings. The SMILES string of the molecule is Cc1ccc2c(Cl)cc(Cl)c(OCC(=O)N(CCc3ccccc3)Cc3ccccc3)c2n1. The van der Waals surface area contributed by atoms with E-state index in [1.165, 1.54) is 5.56 Å². The number of fused-ring (bicyclic) bond motifs is 1. The summed E-state index contributed by atoms with van der Waals surface area (Å²) in [7, 11) is 0. The lowest BCUT2D eigenvalue weighted by atomic mass is 10.1. The largest absolute Gasteiger partial charge is 0.480 e. The summed E-state index contributed by atoms with van der Waals surface area (Å²) >= 11 is 12.8. The number of halogens is 2. The predicted octanol–water partition coefficient (Wildman–Crippen LogP) is 6.50. The summed E-state index contributed by atoms with van der Waals surface area (Å²) in [6, 6.07) is 25.4. The molecule has 0 bridgehead atoms. The number of pyridine rings is 1. The molecule has 3 aromatic carbocycles. The van der Waals surface area contributed by atoms with Crippen LogP contribution >= 0.6 is 23.2 Å². The molecule has 0 saturated heterocycles. The molecule has 1 heterocycles. The maximum atomic E-state index is 13.2. The van der Waals surface area contributed by atoms with Gasteiger partial charge in [-0.25, -0.2) is 4.98 Å². The van der Waals surface area contributed by atoms with Crippen molar-refractivity contribution in [1.29, 1.82) is 0 Å². The minimum atomic E-state index is -0.145. The quantitative estimate of drug-likeness (QED) is 0.290. The third-order valence-electron chi connectivity index (χ3n) is 5.40. The van der Waals surface area contributed by atoms with Crippen LogP contribution in [0.5, 0.6) is 5.75 Å². The first-order valence-corrected chi connectivity index (χ1v) is 11.5. The number of hydrogen-bond donors (Lipinski definition) is 0. The van der Waals surface area contributed by atoms with E-state index in [0.717, 1.165) is 23.1 Å². The van der Waals surface area contributed by atoms with Gasteiger partial charge in [-0.2, -0.15) is 0 Å². The average molecular weight is 479 g/mol. The maximum absolute atomic E-state index is 13.2. The Morgan fingerprint density at radius 3 is 2.27 bits per heavy atom. The molecule has 6 heteroatoms. The molecule has 0 aliphatic carbocycles. The van der Waals surface area contributed by atoms with E-state index in [1.807, 2.05) is 72.5 Å². The van der Waals surface area contributed by atoms with Gasteiger partial charge in [0.05, 0.1) is 10.0 Å². The Labute approximate surface area is 203 Å². The Hall–Kier alpha value is -3.08. The fourth-order valence-corrected chi connectivity index (χ4v) is 4.23. The monoisotopic (exact) mass is 478 g/mol. The van der Waals surface area contributed by atoms with Gasteiger partial charge in [0.1, 0.15) is 5.52 Å². The molecule has 168 valence electrons. The molecule has 1 aromatic heterocycles. The Balaban J connectivity index is 1.53. The molecule has 0 radical (unpaired) electrons. The van der Waals surface area contributed by atoms with E-state index < -0.39 is 0 Å². The first-order chi connectivity index (χ1) is 16.0. The summed E-state index contributed by atoms with van der Waals surface area (Å²) in [6.45, 7) is 2.82. The van der Waals surface area contributed by atoms with Gasteiger partial charge < -0.3 is 9.64 Å². The molecule has 0 aliphatic heterocycles. The van der Waals surface area contributed by atoms with Crippen molar-refractivity contribution < 1.29 is 9.53 Å². The van der Waals surface area contributed by atoms with Crippen molar-refractivity contribution in [3.05, 3.63) is 106 Å². The minimum Gasteiger partial charge on any atom is -0.480 e. The summed E-state index contributed by atoms with van der Waals surface area (Å²) in [5.74, 6) is 0.248. The van der Waals surface area contributed by atoms with Gasteiger partial charge in [0.2, 0.25) is 0 Å². The van der Waals surface area contributed by atoms with Crippen molar-refractivity contribution in [2.45, 2.75) is 19.9 Å². The van der Waals surface area contributed by atoms with Gasteiger partial charge >= 0.3 is 0 Å². The number of benzene rings is 3. The molecule has 4 aromatic rings. The van der Waals surface area contributed by atoms with Crippen LogP contribution < -0.4 is 4.74 Å². The van der Waals surface area contributed by atoms with Gasteiger partial charge in [0, 0.05) is 24.2 Å². The number of carbonyl (C=O) groups excluding carboxylic acids is 1. The van der Waals surface area contributed by atoms with Crippen molar-refractivity contribution in [1.82, 2.24) is 9.88 Å². The van der Waals surface area contributed by atoms with Crippen molar-refractivity contribution in [2.24, 2.45) is 0 Å². The highest BCUT2D eigenvalue weighted by Crippen LogP contribution is 2.37. The molecule has 4 nitrogen and oxygen atoms in total. The molecule has 0 spiro atoms. The topological polar surface area (TPSA) is 42.4 Å². The highest BCUT2D eigenvalue weighted by molar-refractivity contribution is 6.39. The molecule has 0 atom stereocenters. The van der Waals surface area contributed by atoms with Crippen LogP contribution in [0.1, 0.15) is 16.8 Å². The molecular weight excluding hydrogens is 455 g/mol. The molecule has 4 rings (SSSR count). The summed E-state index contributed by atoms with van der Waals surface area (Å²) in [5.41, 5.74) is 3.60. The average Bonchev–Trinajstić information content (AvgIpc) is 2.82. The fraction of sp³-hybridized carbons (Fsp3) is 0.185. The van der Waals surface area contributed by atoms with Crippen LogP contribution in [-0.2, 0) is 17.8 Å². The normalized spacial score (nSPS) is 10.9. The molecule has 0 unspecified atom stereocenters. The highest BCUT2D eigenvalue weighted by atomic mass is 35.5. The van der Waals surface area contributed by atoms with Crippen LogP contribution in [0.15, 0.2) is 78.9 Å². The summed E-state index contributed by atoms with van der Waals surface area (Å²) in [5, 5.41) is 1.56. The van der Waals surface area contributed by atoms with E-state index in [-0.39, 0.29) is 12.5 Å². The zero-order valence-electron chi connectivity index (χ0n) is 18.3. The zero-order valence-corrected chi connectivity index (χ0v) is 19.8. The number of rotatable bonds is 8. The second-order valence-electron chi connectivity index (χ2n) is 7.84. The van der Waals surface area contributed by atoms with E-state index in [4.69, 9.17) is 27.9 Å². The Morgan fingerprint density at radius 2 is 1.58 bits per heavy atom. The number of hydrogen-bond acceptors (Lipinski definition) is 3. The Morgan fingerprint density at radius 1 is 0.909 bits per heavy atom. The molecule has 0 saturated carbocycles.